The average Bonchev–Trinajstić information content (AvgIpc) is 3.03. The molecule has 1 saturated heterocycles. The van der Waals surface area contributed by atoms with Gasteiger partial charge >= 0.3 is 0 Å². The van der Waals surface area contributed by atoms with Gasteiger partial charge in [-0.1, -0.05) is 49.4 Å². The van der Waals surface area contributed by atoms with Crippen molar-refractivity contribution in [2.75, 3.05) is 26.9 Å². The fourth-order valence-electron chi connectivity index (χ4n) is 3.58. The van der Waals surface area contributed by atoms with E-state index in [0.29, 0.717) is 37.5 Å². The molecular weight excluding hydrogens is 382 g/mol. The van der Waals surface area contributed by atoms with E-state index >= 15 is 0 Å². The van der Waals surface area contributed by atoms with Crippen LogP contribution in [0.2, 0.25) is 0 Å². The lowest BCUT2D eigenvalue weighted by Crippen LogP contribution is -2.31. The molecule has 1 aliphatic heterocycles. The van der Waals surface area contributed by atoms with E-state index in [1.165, 1.54) is 4.90 Å². The predicted molar refractivity (Wildman–Crippen MR) is 114 cm³/mol. The van der Waals surface area contributed by atoms with E-state index in [0.717, 1.165) is 12.0 Å². The van der Waals surface area contributed by atoms with Crippen LogP contribution in [0.25, 0.3) is 5.76 Å². The van der Waals surface area contributed by atoms with E-state index in [1.54, 1.807) is 31.4 Å². The number of ketones is 1. The van der Waals surface area contributed by atoms with Crippen molar-refractivity contribution in [2.45, 2.75) is 25.8 Å². The van der Waals surface area contributed by atoms with Crippen LogP contribution in [0.3, 0.4) is 0 Å². The van der Waals surface area contributed by atoms with Crippen LogP contribution in [0.4, 0.5) is 0 Å². The second-order valence-electron chi connectivity index (χ2n) is 7.13. The zero-order valence-electron chi connectivity index (χ0n) is 17.3. The molecule has 0 radical (unpaired) electrons. The minimum Gasteiger partial charge on any atom is -0.507 e. The van der Waals surface area contributed by atoms with Crippen LogP contribution in [-0.2, 0) is 14.3 Å². The van der Waals surface area contributed by atoms with Crippen molar-refractivity contribution in [3.8, 4) is 5.75 Å². The van der Waals surface area contributed by atoms with E-state index in [4.69, 9.17) is 9.47 Å². The van der Waals surface area contributed by atoms with Gasteiger partial charge in [0.1, 0.15) is 11.5 Å². The Labute approximate surface area is 176 Å². The van der Waals surface area contributed by atoms with Crippen LogP contribution in [0.1, 0.15) is 36.9 Å². The van der Waals surface area contributed by atoms with Crippen molar-refractivity contribution in [3.05, 3.63) is 71.3 Å². The minimum atomic E-state index is -0.688. The van der Waals surface area contributed by atoms with Gasteiger partial charge in [-0.15, -0.1) is 0 Å². The van der Waals surface area contributed by atoms with Gasteiger partial charge in [0.25, 0.3) is 11.7 Å². The highest BCUT2D eigenvalue weighted by Crippen LogP contribution is 2.40. The highest BCUT2D eigenvalue weighted by Gasteiger charge is 2.45. The topological polar surface area (TPSA) is 76.1 Å². The zero-order valence-corrected chi connectivity index (χ0v) is 17.3. The summed E-state index contributed by atoms with van der Waals surface area (Å²) in [5.74, 6) is -0.809. The molecule has 158 valence electrons. The number of rotatable bonds is 9. The normalized spacial score (nSPS) is 18.1. The van der Waals surface area contributed by atoms with Crippen molar-refractivity contribution in [2.24, 2.45) is 0 Å². The molecule has 2 aromatic rings. The first-order valence-corrected chi connectivity index (χ1v) is 10.1. The number of nitrogens with zero attached hydrogens (tertiary/aromatic N) is 1. The number of carbonyl (C=O) groups is 2. The fraction of sp³-hybridized carbons (Fsp3) is 0.333. The van der Waals surface area contributed by atoms with Gasteiger partial charge in [0.05, 0.1) is 18.2 Å². The second kappa shape index (κ2) is 10.1. The molecule has 1 amide bonds. The van der Waals surface area contributed by atoms with Gasteiger partial charge < -0.3 is 19.5 Å². The third kappa shape index (κ3) is 4.54. The molecule has 6 heteroatoms. The van der Waals surface area contributed by atoms with Crippen molar-refractivity contribution < 1.29 is 24.2 Å². The summed E-state index contributed by atoms with van der Waals surface area (Å²) < 4.78 is 10.8. The Morgan fingerprint density at radius 3 is 2.53 bits per heavy atom. The number of ether oxygens (including phenoxy) is 2. The first kappa shape index (κ1) is 21.6. The molecule has 1 aliphatic rings. The van der Waals surface area contributed by atoms with Gasteiger partial charge in [0, 0.05) is 25.8 Å². The summed E-state index contributed by atoms with van der Waals surface area (Å²) in [5, 5.41) is 11.0. The third-order valence-corrected chi connectivity index (χ3v) is 4.98. The summed E-state index contributed by atoms with van der Waals surface area (Å²) in [6.07, 6.45) is 1.45. The summed E-state index contributed by atoms with van der Waals surface area (Å²) in [6, 6.07) is 15.5. The molecule has 0 saturated carbocycles. The van der Waals surface area contributed by atoms with Gasteiger partial charge in [-0.25, -0.2) is 0 Å². The lowest BCUT2D eigenvalue weighted by atomic mass is 9.95. The largest absolute Gasteiger partial charge is 0.507 e. The molecule has 3 rings (SSSR count). The Bertz CT molecular complexity index is 922. The number of hydrogen-bond acceptors (Lipinski definition) is 5. The van der Waals surface area contributed by atoms with E-state index in [2.05, 4.69) is 0 Å². The molecule has 1 N–H and O–H groups in total. The quantitative estimate of drug-likeness (QED) is 0.294. The average molecular weight is 409 g/mol. The van der Waals surface area contributed by atoms with E-state index < -0.39 is 17.7 Å². The first-order chi connectivity index (χ1) is 14.6. The van der Waals surface area contributed by atoms with Gasteiger partial charge in [0.2, 0.25) is 0 Å². The van der Waals surface area contributed by atoms with Crippen LogP contribution >= 0.6 is 0 Å². The molecule has 2 aromatic carbocycles. The predicted octanol–water partition coefficient (Wildman–Crippen LogP) is 3.93. The maximum atomic E-state index is 12.9. The standard InChI is InChI=1S/C24H27NO5/c1-3-14-30-19-12-7-11-18(16-19)21-20(22(26)17-9-5-4-6-10-17)23(27)24(28)25(21)13-8-15-29-2/h4-7,9-12,16,21,26H,3,8,13-15H2,1-2H3/b22-20-. The molecule has 1 fully saturated rings. The molecule has 1 unspecified atom stereocenters. The third-order valence-electron chi connectivity index (χ3n) is 4.98. The van der Waals surface area contributed by atoms with Gasteiger partial charge in [-0.05, 0) is 30.5 Å². The Hall–Kier alpha value is -3.12. The maximum Gasteiger partial charge on any atom is 0.295 e. The van der Waals surface area contributed by atoms with Gasteiger partial charge in [0.15, 0.2) is 0 Å². The Morgan fingerprint density at radius 2 is 1.83 bits per heavy atom. The van der Waals surface area contributed by atoms with E-state index in [9.17, 15) is 14.7 Å². The molecular formula is C24H27NO5. The minimum absolute atomic E-state index is 0.0938. The summed E-state index contributed by atoms with van der Waals surface area (Å²) in [4.78, 5) is 27.3. The number of methoxy groups -OCH3 is 1. The fourth-order valence-corrected chi connectivity index (χ4v) is 3.58. The molecule has 0 aliphatic carbocycles. The molecule has 1 heterocycles. The number of aliphatic hydroxyl groups is 1. The number of aliphatic hydroxyl groups excluding tert-OH is 1. The highest BCUT2D eigenvalue weighted by atomic mass is 16.5. The smallest absolute Gasteiger partial charge is 0.295 e. The number of Topliss-reactive ketones (excluding diaryl/α,β-unsaturated/α-hetero) is 1. The van der Waals surface area contributed by atoms with Crippen molar-refractivity contribution in [1.82, 2.24) is 4.90 Å². The molecule has 0 aromatic heterocycles. The Morgan fingerprint density at radius 1 is 1.07 bits per heavy atom. The number of amides is 1. The van der Waals surface area contributed by atoms with Crippen LogP contribution in [0, 0.1) is 0 Å². The summed E-state index contributed by atoms with van der Waals surface area (Å²) >= 11 is 0. The summed E-state index contributed by atoms with van der Waals surface area (Å²) in [6.45, 7) is 3.40. The SMILES string of the molecule is CCCOc1cccc(C2/C(=C(/O)c3ccccc3)C(=O)C(=O)N2CCCOC)c1. The van der Waals surface area contributed by atoms with Crippen molar-refractivity contribution in [3.63, 3.8) is 0 Å². The van der Waals surface area contributed by atoms with Gasteiger partial charge in [-0.2, -0.15) is 0 Å². The monoisotopic (exact) mass is 409 g/mol. The van der Waals surface area contributed by atoms with Crippen LogP contribution in [-0.4, -0.2) is 48.6 Å². The summed E-state index contributed by atoms with van der Waals surface area (Å²) in [7, 11) is 1.59. The highest BCUT2D eigenvalue weighted by molar-refractivity contribution is 6.46. The van der Waals surface area contributed by atoms with E-state index in [-0.39, 0.29) is 11.3 Å². The molecule has 30 heavy (non-hydrogen) atoms. The van der Waals surface area contributed by atoms with Crippen LogP contribution in [0.15, 0.2) is 60.2 Å². The molecule has 0 spiro atoms. The maximum absolute atomic E-state index is 12.9. The summed E-state index contributed by atoms with van der Waals surface area (Å²) in [5.41, 5.74) is 1.31. The van der Waals surface area contributed by atoms with Crippen molar-refractivity contribution in [1.29, 1.82) is 0 Å². The zero-order chi connectivity index (χ0) is 21.5. The van der Waals surface area contributed by atoms with E-state index in [1.807, 2.05) is 37.3 Å². The van der Waals surface area contributed by atoms with Gasteiger partial charge in [-0.3, -0.25) is 9.59 Å². The number of carbonyl (C=O) groups excluding carboxylic acids is 2. The van der Waals surface area contributed by atoms with Crippen LogP contribution in [0.5, 0.6) is 5.75 Å². The number of benzene rings is 2. The van der Waals surface area contributed by atoms with Crippen molar-refractivity contribution >= 4 is 17.4 Å². The number of likely N-dealkylation sites (tertiary alicyclic amines) is 1. The second-order valence-corrected chi connectivity index (χ2v) is 7.13. The first-order valence-electron chi connectivity index (χ1n) is 10.1. The molecule has 0 bridgehead atoms. The lowest BCUT2D eigenvalue weighted by molar-refractivity contribution is -0.140. The number of hydrogen-bond donors (Lipinski definition) is 1. The lowest BCUT2D eigenvalue weighted by Gasteiger charge is -2.25. The molecule has 6 nitrogen and oxygen atoms in total. The molecule has 1 atom stereocenters. The Kier molecular flexibility index (Phi) is 7.25. The van der Waals surface area contributed by atoms with Crippen LogP contribution < -0.4 is 4.74 Å². The Balaban J connectivity index is 2.08.